The predicted octanol–water partition coefficient (Wildman–Crippen LogP) is 1.55. The Morgan fingerprint density at radius 3 is 3.00 bits per heavy atom. The van der Waals surface area contributed by atoms with Gasteiger partial charge < -0.3 is 15.8 Å². The van der Waals surface area contributed by atoms with E-state index in [0.717, 1.165) is 43.9 Å². The number of nitrogens with one attached hydrogen (secondary N) is 1. The first-order valence-electron chi connectivity index (χ1n) is 5.83. The summed E-state index contributed by atoms with van der Waals surface area (Å²) in [6.07, 6.45) is 5.69. The molecule has 2 heterocycles. The van der Waals surface area contributed by atoms with Gasteiger partial charge >= 0.3 is 0 Å². The van der Waals surface area contributed by atoms with Crippen molar-refractivity contribution in [3.63, 3.8) is 0 Å². The molecule has 0 amide bonds. The second-order valence-corrected chi connectivity index (χ2v) is 4.66. The van der Waals surface area contributed by atoms with Gasteiger partial charge in [0.1, 0.15) is 4.99 Å². The first-order valence-corrected chi connectivity index (χ1v) is 6.23. The van der Waals surface area contributed by atoms with Gasteiger partial charge in [0, 0.05) is 31.5 Å². The molecular formula is C12H17N3OS. The van der Waals surface area contributed by atoms with Crippen LogP contribution in [0.3, 0.4) is 0 Å². The monoisotopic (exact) mass is 251 g/mol. The summed E-state index contributed by atoms with van der Waals surface area (Å²) in [5.74, 6) is 0.656. The first kappa shape index (κ1) is 12.3. The van der Waals surface area contributed by atoms with Gasteiger partial charge in [-0.3, -0.25) is 4.98 Å². The van der Waals surface area contributed by atoms with Crippen molar-refractivity contribution in [2.45, 2.75) is 12.8 Å². The van der Waals surface area contributed by atoms with E-state index in [0.29, 0.717) is 10.9 Å². The Morgan fingerprint density at radius 1 is 1.53 bits per heavy atom. The number of anilines is 1. The van der Waals surface area contributed by atoms with Gasteiger partial charge in [-0.05, 0) is 24.8 Å². The molecule has 2 rings (SSSR count). The van der Waals surface area contributed by atoms with E-state index in [9.17, 15) is 0 Å². The Bertz CT molecular complexity index is 391. The summed E-state index contributed by atoms with van der Waals surface area (Å²) in [5.41, 5.74) is 7.45. The largest absolute Gasteiger partial charge is 0.389 e. The molecule has 0 bridgehead atoms. The van der Waals surface area contributed by atoms with Crippen LogP contribution >= 0.6 is 12.2 Å². The molecule has 1 aromatic heterocycles. The summed E-state index contributed by atoms with van der Waals surface area (Å²) in [6.45, 7) is 2.65. The second-order valence-electron chi connectivity index (χ2n) is 4.22. The molecule has 1 aliphatic rings. The van der Waals surface area contributed by atoms with E-state index < -0.39 is 0 Å². The number of pyridine rings is 1. The van der Waals surface area contributed by atoms with Gasteiger partial charge in [-0.15, -0.1) is 0 Å². The lowest BCUT2D eigenvalue weighted by Crippen LogP contribution is -2.23. The minimum atomic E-state index is 0.405. The fourth-order valence-electron chi connectivity index (χ4n) is 1.96. The van der Waals surface area contributed by atoms with Gasteiger partial charge in [-0.1, -0.05) is 12.2 Å². The number of nitrogens with two attached hydrogens (primary N) is 1. The van der Waals surface area contributed by atoms with Crippen LogP contribution in [0.5, 0.6) is 0 Å². The van der Waals surface area contributed by atoms with Crippen LogP contribution in [-0.2, 0) is 4.74 Å². The number of nitrogens with zero attached hydrogens (tertiary/aromatic N) is 1. The van der Waals surface area contributed by atoms with Gasteiger partial charge in [0.05, 0.1) is 11.9 Å². The van der Waals surface area contributed by atoms with Crippen molar-refractivity contribution in [1.29, 1.82) is 0 Å². The molecule has 0 unspecified atom stereocenters. The van der Waals surface area contributed by atoms with Crippen LogP contribution in [0.2, 0.25) is 0 Å². The second kappa shape index (κ2) is 5.93. The molecule has 1 aliphatic heterocycles. The third-order valence-electron chi connectivity index (χ3n) is 3.01. The van der Waals surface area contributed by atoms with E-state index >= 15 is 0 Å². The molecule has 0 spiro atoms. The van der Waals surface area contributed by atoms with Crippen LogP contribution in [0, 0.1) is 5.92 Å². The summed E-state index contributed by atoms with van der Waals surface area (Å²) in [6, 6.07) is 1.84. The number of thiocarbonyl (C=S) groups is 1. The lowest BCUT2D eigenvalue weighted by molar-refractivity contribution is 0.0699. The highest BCUT2D eigenvalue weighted by Crippen LogP contribution is 2.18. The van der Waals surface area contributed by atoms with E-state index in [1.54, 1.807) is 12.4 Å². The van der Waals surface area contributed by atoms with Gasteiger partial charge in [0.25, 0.3) is 0 Å². The molecular weight excluding hydrogens is 234 g/mol. The predicted molar refractivity (Wildman–Crippen MR) is 72.2 cm³/mol. The van der Waals surface area contributed by atoms with Crippen LogP contribution in [0.15, 0.2) is 18.5 Å². The molecule has 1 saturated heterocycles. The highest BCUT2D eigenvalue weighted by Gasteiger charge is 2.14. The minimum absolute atomic E-state index is 0.405. The molecule has 0 atom stereocenters. The number of aromatic nitrogens is 1. The normalized spacial score (nSPS) is 16.7. The maximum absolute atomic E-state index is 5.67. The summed E-state index contributed by atoms with van der Waals surface area (Å²) in [4.78, 5) is 4.49. The lowest BCUT2D eigenvalue weighted by Gasteiger charge is -2.23. The van der Waals surface area contributed by atoms with Crippen molar-refractivity contribution in [3.05, 3.63) is 24.0 Å². The van der Waals surface area contributed by atoms with Gasteiger partial charge in [-0.2, -0.15) is 0 Å². The smallest absolute Gasteiger partial charge is 0.106 e. The summed E-state index contributed by atoms with van der Waals surface area (Å²) in [5, 5.41) is 3.38. The van der Waals surface area contributed by atoms with Crippen molar-refractivity contribution in [2.24, 2.45) is 11.7 Å². The molecule has 1 fully saturated rings. The topological polar surface area (TPSA) is 60.2 Å². The average molecular weight is 251 g/mol. The zero-order valence-electron chi connectivity index (χ0n) is 9.69. The van der Waals surface area contributed by atoms with Crippen LogP contribution in [-0.4, -0.2) is 29.7 Å². The average Bonchev–Trinajstić information content (AvgIpc) is 2.38. The highest BCUT2D eigenvalue weighted by molar-refractivity contribution is 7.80. The van der Waals surface area contributed by atoms with Crippen LogP contribution in [0.4, 0.5) is 5.69 Å². The minimum Gasteiger partial charge on any atom is -0.389 e. The number of hydrogen-bond acceptors (Lipinski definition) is 4. The molecule has 0 saturated carbocycles. The molecule has 3 N–H and O–H groups in total. The van der Waals surface area contributed by atoms with Crippen LogP contribution in [0.25, 0.3) is 0 Å². The Hall–Kier alpha value is -1.20. The van der Waals surface area contributed by atoms with Crippen molar-refractivity contribution in [2.75, 3.05) is 25.1 Å². The van der Waals surface area contributed by atoms with Gasteiger partial charge in [-0.25, -0.2) is 0 Å². The third kappa shape index (κ3) is 3.38. The zero-order valence-corrected chi connectivity index (χ0v) is 10.5. The standard InChI is InChI=1S/C12H17N3OS/c13-12(17)10-1-4-14-8-11(10)15-7-9-2-5-16-6-3-9/h1,4,8-9,15H,2-3,5-7H2,(H2,13,17). The van der Waals surface area contributed by atoms with E-state index in [1.165, 1.54) is 0 Å². The fraction of sp³-hybridized carbons (Fsp3) is 0.500. The first-order chi connectivity index (χ1) is 8.27. The molecule has 1 aromatic rings. The van der Waals surface area contributed by atoms with Crippen molar-refractivity contribution in [1.82, 2.24) is 4.98 Å². The Balaban J connectivity index is 1.96. The maximum Gasteiger partial charge on any atom is 0.106 e. The van der Waals surface area contributed by atoms with Gasteiger partial charge in [0.15, 0.2) is 0 Å². The summed E-state index contributed by atoms with van der Waals surface area (Å²) >= 11 is 5.01. The fourth-order valence-corrected chi connectivity index (χ4v) is 2.13. The van der Waals surface area contributed by atoms with Gasteiger partial charge in [0.2, 0.25) is 0 Å². The molecule has 0 radical (unpaired) electrons. The lowest BCUT2D eigenvalue weighted by atomic mass is 10.0. The Morgan fingerprint density at radius 2 is 2.29 bits per heavy atom. The quantitative estimate of drug-likeness (QED) is 0.795. The van der Waals surface area contributed by atoms with Crippen molar-refractivity contribution < 1.29 is 4.74 Å². The SMILES string of the molecule is NC(=S)c1ccncc1NCC1CCOCC1. The summed E-state index contributed by atoms with van der Waals surface area (Å²) in [7, 11) is 0. The van der Waals surface area contributed by atoms with E-state index in [4.69, 9.17) is 22.7 Å². The van der Waals surface area contributed by atoms with E-state index in [1.807, 2.05) is 6.07 Å². The van der Waals surface area contributed by atoms with Crippen molar-refractivity contribution in [3.8, 4) is 0 Å². The third-order valence-corrected chi connectivity index (χ3v) is 3.23. The van der Waals surface area contributed by atoms with Crippen LogP contribution < -0.4 is 11.1 Å². The molecule has 92 valence electrons. The molecule has 0 aromatic carbocycles. The zero-order chi connectivity index (χ0) is 12.1. The van der Waals surface area contributed by atoms with Crippen LogP contribution in [0.1, 0.15) is 18.4 Å². The highest BCUT2D eigenvalue weighted by atomic mass is 32.1. The molecule has 17 heavy (non-hydrogen) atoms. The number of rotatable bonds is 4. The molecule has 4 nitrogen and oxygen atoms in total. The maximum atomic E-state index is 5.67. The molecule has 0 aliphatic carbocycles. The summed E-state index contributed by atoms with van der Waals surface area (Å²) < 4.78 is 5.33. The molecule has 5 heteroatoms. The van der Waals surface area contributed by atoms with Crippen molar-refractivity contribution >= 4 is 22.9 Å². The van der Waals surface area contributed by atoms with E-state index in [2.05, 4.69) is 10.3 Å². The number of hydrogen-bond donors (Lipinski definition) is 2. The Labute approximate surface area is 107 Å². The Kier molecular flexibility index (Phi) is 4.28. The van der Waals surface area contributed by atoms with E-state index in [-0.39, 0.29) is 0 Å². The number of ether oxygens (including phenoxy) is 1.